The summed E-state index contributed by atoms with van der Waals surface area (Å²) in [5, 5.41) is 2.63. The molecule has 0 N–H and O–H groups in total. The van der Waals surface area contributed by atoms with Crippen LogP contribution in [-0.4, -0.2) is 16.8 Å². The molecule has 4 heteroatoms. The lowest BCUT2D eigenvalue weighted by molar-refractivity contribution is 0.000627. The standard InChI is InChI=1S/C64H67BN2O/c1-61(2,3)46-18-15-43(16-19-46)45-31-57-60-59(32-45)68-58-26-22-49(66-54-24-20-47(62(4,5)6)33-50(54)51-34-48(63(7,8)9)21-25-55(51)66)35-53(58)65(60)52-30-44(42-13-11-10-12-14-42)17-23-56(52)67(57)64-36-39-27-40(37-64)29-41(28-39)38-64/h10-15,17-18,20-26,30-35,39-41H,16,19,27-29,36-38H2,1-9H3. The maximum Gasteiger partial charge on any atom is 0.256 e. The minimum Gasteiger partial charge on any atom is -0.458 e. The van der Waals surface area contributed by atoms with Gasteiger partial charge >= 0.3 is 0 Å². The first-order valence-corrected chi connectivity index (χ1v) is 26.0. The van der Waals surface area contributed by atoms with Gasteiger partial charge in [0.2, 0.25) is 0 Å². The van der Waals surface area contributed by atoms with Crippen LogP contribution in [0.25, 0.3) is 44.2 Å². The molecule has 1 aromatic heterocycles. The first-order chi connectivity index (χ1) is 32.5. The Morgan fingerprint density at radius 2 is 1.18 bits per heavy atom. The van der Waals surface area contributed by atoms with Gasteiger partial charge in [-0.3, -0.25) is 0 Å². The van der Waals surface area contributed by atoms with Crippen LogP contribution in [0.4, 0.5) is 11.4 Å². The van der Waals surface area contributed by atoms with Crippen molar-refractivity contribution in [2.75, 3.05) is 4.90 Å². The average Bonchev–Trinajstić information content (AvgIpc) is 3.63. The number of anilines is 2. The van der Waals surface area contributed by atoms with Crippen molar-refractivity contribution < 1.29 is 4.74 Å². The fourth-order valence-electron chi connectivity index (χ4n) is 14.5. The number of hydrogen-bond acceptors (Lipinski definition) is 2. The van der Waals surface area contributed by atoms with E-state index in [0.717, 1.165) is 42.1 Å². The van der Waals surface area contributed by atoms with Crippen molar-refractivity contribution in [1.82, 2.24) is 4.57 Å². The van der Waals surface area contributed by atoms with Crippen molar-refractivity contribution in [1.29, 1.82) is 0 Å². The predicted molar refractivity (Wildman–Crippen MR) is 289 cm³/mol. The van der Waals surface area contributed by atoms with E-state index in [1.807, 2.05) is 0 Å². The van der Waals surface area contributed by atoms with E-state index in [1.165, 1.54) is 133 Å². The van der Waals surface area contributed by atoms with Gasteiger partial charge in [0.1, 0.15) is 11.5 Å². The van der Waals surface area contributed by atoms with E-state index in [0.29, 0.717) is 0 Å². The van der Waals surface area contributed by atoms with Crippen LogP contribution in [0.2, 0.25) is 0 Å². The lowest BCUT2D eigenvalue weighted by Gasteiger charge is -2.62. The van der Waals surface area contributed by atoms with Gasteiger partial charge in [0.15, 0.2) is 0 Å². The van der Waals surface area contributed by atoms with Crippen LogP contribution in [0, 0.1) is 23.2 Å². The van der Waals surface area contributed by atoms with Crippen molar-refractivity contribution in [3.05, 3.63) is 150 Å². The van der Waals surface area contributed by atoms with E-state index < -0.39 is 0 Å². The molecule has 6 aromatic carbocycles. The number of fused-ring (bicyclic) bond motifs is 7. The molecule has 2 aliphatic heterocycles. The highest BCUT2D eigenvalue weighted by Gasteiger charge is 2.57. The fraction of sp³-hybridized carbons (Fsp3) is 0.375. The molecule has 68 heavy (non-hydrogen) atoms. The number of ether oxygens (including phenoxy) is 1. The summed E-state index contributed by atoms with van der Waals surface area (Å²) in [4.78, 5) is 2.94. The van der Waals surface area contributed by atoms with Gasteiger partial charge in [-0.25, -0.2) is 0 Å². The Kier molecular flexibility index (Phi) is 9.13. The van der Waals surface area contributed by atoms with Gasteiger partial charge in [0.05, 0.1) is 11.0 Å². The Morgan fingerprint density at radius 1 is 0.529 bits per heavy atom. The lowest BCUT2D eigenvalue weighted by atomic mass is 9.33. The second kappa shape index (κ2) is 14.6. The summed E-state index contributed by atoms with van der Waals surface area (Å²) < 4.78 is 9.94. The van der Waals surface area contributed by atoms with Crippen LogP contribution in [-0.2, 0) is 10.8 Å². The van der Waals surface area contributed by atoms with Crippen LogP contribution in [0.3, 0.4) is 0 Å². The first-order valence-electron chi connectivity index (χ1n) is 26.0. The third kappa shape index (κ3) is 6.59. The topological polar surface area (TPSA) is 17.4 Å². The van der Waals surface area contributed by atoms with Gasteiger partial charge in [-0.15, -0.1) is 0 Å². The molecule has 4 saturated carbocycles. The monoisotopic (exact) mass is 891 g/mol. The maximum atomic E-state index is 7.40. The molecule has 0 radical (unpaired) electrons. The molecule has 0 amide bonds. The number of benzene rings is 6. The molecule has 7 aromatic rings. The zero-order chi connectivity index (χ0) is 46.6. The minimum absolute atomic E-state index is 0.00220. The quantitative estimate of drug-likeness (QED) is 0.164. The van der Waals surface area contributed by atoms with Gasteiger partial charge in [-0.1, -0.05) is 135 Å². The predicted octanol–water partition coefficient (Wildman–Crippen LogP) is 15.2. The van der Waals surface area contributed by atoms with E-state index in [2.05, 4.69) is 199 Å². The summed E-state index contributed by atoms with van der Waals surface area (Å²) in [6.45, 7) is 21.0. The van der Waals surface area contributed by atoms with Gasteiger partial charge in [0.25, 0.3) is 6.71 Å². The Hall–Kier alpha value is -5.74. The van der Waals surface area contributed by atoms with Crippen LogP contribution in [0.15, 0.2) is 133 Å². The zero-order valence-corrected chi connectivity index (χ0v) is 41.9. The number of hydrogen-bond donors (Lipinski definition) is 0. The molecule has 4 bridgehead atoms. The fourth-order valence-corrected chi connectivity index (χ4v) is 14.5. The highest BCUT2D eigenvalue weighted by atomic mass is 16.5. The number of nitrogens with zero attached hydrogens (tertiary/aromatic N) is 2. The first kappa shape index (κ1) is 42.4. The van der Waals surface area contributed by atoms with E-state index >= 15 is 0 Å². The molecule has 0 saturated heterocycles. The van der Waals surface area contributed by atoms with Crippen molar-refractivity contribution in [3.8, 4) is 28.3 Å². The second-order valence-corrected chi connectivity index (χ2v) is 25.2. The molecule has 4 fully saturated rings. The molecular formula is C64H67BN2O. The van der Waals surface area contributed by atoms with Crippen LogP contribution in [0.1, 0.15) is 130 Å². The number of aromatic nitrogens is 1. The highest BCUT2D eigenvalue weighted by molar-refractivity contribution is 6.99. The average molecular weight is 891 g/mol. The van der Waals surface area contributed by atoms with Crippen molar-refractivity contribution >= 4 is 61.9 Å². The van der Waals surface area contributed by atoms with Crippen LogP contribution in [0.5, 0.6) is 11.5 Å². The Bertz CT molecular complexity index is 3200. The van der Waals surface area contributed by atoms with Gasteiger partial charge in [-0.05, 0) is 196 Å². The third-order valence-electron chi connectivity index (χ3n) is 17.6. The SMILES string of the molecule is CC(C)(C)C1=CC=C(c2cc3c4c(c2)N(C25CC6CC(CC(C6)C2)C5)c2ccc(-c5ccccc5)cc2B4c2cc(-n4c5ccc(C(C)(C)C)cc5c5cc(C(C)(C)C)ccc54)ccc2O3)CC1. The summed E-state index contributed by atoms with van der Waals surface area (Å²) in [7, 11) is 0. The van der Waals surface area contributed by atoms with Gasteiger partial charge in [0, 0.05) is 33.4 Å². The Morgan fingerprint density at radius 3 is 1.76 bits per heavy atom. The summed E-state index contributed by atoms with van der Waals surface area (Å²) in [5.74, 6) is 4.44. The van der Waals surface area contributed by atoms with Crippen molar-refractivity contribution in [3.63, 3.8) is 0 Å². The molecule has 5 aliphatic carbocycles. The summed E-state index contributed by atoms with van der Waals surface area (Å²) in [5.41, 5.74) is 20.3. The molecule has 3 nitrogen and oxygen atoms in total. The highest BCUT2D eigenvalue weighted by Crippen LogP contribution is 2.61. The summed E-state index contributed by atoms with van der Waals surface area (Å²) in [6.07, 6.45) is 15.1. The largest absolute Gasteiger partial charge is 0.458 e. The molecule has 342 valence electrons. The molecule has 3 heterocycles. The van der Waals surface area contributed by atoms with Crippen LogP contribution >= 0.6 is 0 Å². The normalized spacial score (nSPS) is 22.8. The Labute approximate surface area is 405 Å². The zero-order valence-electron chi connectivity index (χ0n) is 41.9. The van der Waals surface area contributed by atoms with Crippen molar-refractivity contribution in [2.24, 2.45) is 23.2 Å². The number of rotatable bonds is 4. The molecule has 0 unspecified atom stereocenters. The van der Waals surface area contributed by atoms with E-state index in [1.54, 1.807) is 0 Å². The van der Waals surface area contributed by atoms with E-state index in [4.69, 9.17) is 4.74 Å². The molecular weight excluding hydrogens is 824 g/mol. The van der Waals surface area contributed by atoms with Gasteiger partial charge in [-0.2, -0.15) is 0 Å². The smallest absolute Gasteiger partial charge is 0.256 e. The number of allylic oxidation sites excluding steroid dienone is 4. The van der Waals surface area contributed by atoms with Crippen LogP contribution < -0.4 is 26.0 Å². The van der Waals surface area contributed by atoms with Gasteiger partial charge < -0.3 is 14.2 Å². The summed E-state index contributed by atoms with van der Waals surface area (Å²) >= 11 is 0. The third-order valence-corrected chi connectivity index (χ3v) is 17.6. The van der Waals surface area contributed by atoms with E-state index in [9.17, 15) is 0 Å². The molecule has 0 spiro atoms. The maximum absolute atomic E-state index is 7.40. The second-order valence-electron chi connectivity index (χ2n) is 25.2. The van der Waals surface area contributed by atoms with Crippen molar-refractivity contribution in [2.45, 2.75) is 130 Å². The lowest BCUT2D eigenvalue weighted by Crippen LogP contribution is -2.66. The minimum atomic E-state index is 0.00220. The summed E-state index contributed by atoms with van der Waals surface area (Å²) in [6, 6.07) is 45.1. The molecule has 14 rings (SSSR count). The Balaban J connectivity index is 1.06. The van der Waals surface area contributed by atoms with E-state index in [-0.39, 0.29) is 28.5 Å². The molecule has 0 atom stereocenters. The molecule has 7 aliphatic rings.